The van der Waals surface area contributed by atoms with Crippen LogP contribution in [-0.2, 0) is 17.8 Å². The molecule has 0 unspecified atom stereocenters. The Morgan fingerprint density at radius 1 is 1.00 bits per heavy atom. The molecule has 176 valence electrons. The molecule has 0 aliphatic rings. The van der Waals surface area contributed by atoms with Crippen LogP contribution in [-0.4, -0.2) is 25.1 Å². The Morgan fingerprint density at radius 2 is 1.76 bits per heavy atom. The number of H-pyrrole nitrogens is 1. The zero-order chi connectivity index (χ0) is 24.1. The van der Waals surface area contributed by atoms with Gasteiger partial charge in [-0.05, 0) is 41.3 Å². The number of fused-ring (bicyclic) bond motifs is 1. The number of hydrogen-bond acceptors (Lipinski definition) is 3. The molecule has 0 fully saturated rings. The first kappa shape index (κ1) is 23.4. The van der Waals surface area contributed by atoms with Gasteiger partial charge < -0.3 is 19.8 Å². The SMILES string of the molecule is CCc1cccc2c([C@H](CC(=O)NCc3ccc(F)cc3)c3cccc(OC)c3OC)c[nH]c12. The number of rotatable bonds is 9. The van der Waals surface area contributed by atoms with Crippen LogP contribution in [0.25, 0.3) is 10.9 Å². The van der Waals surface area contributed by atoms with Crippen molar-refractivity contribution in [3.8, 4) is 11.5 Å². The number of aryl methyl sites for hydroxylation is 1. The van der Waals surface area contributed by atoms with Gasteiger partial charge in [0.15, 0.2) is 11.5 Å². The number of aromatic nitrogens is 1. The summed E-state index contributed by atoms with van der Waals surface area (Å²) in [7, 11) is 3.21. The quantitative estimate of drug-likeness (QED) is 0.336. The Bertz CT molecular complexity index is 1280. The molecule has 2 N–H and O–H groups in total. The van der Waals surface area contributed by atoms with Gasteiger partial charge in [0, 0.05) is 41.5 Å². The highest BCUT2D eigenvalue weighted by molar-refractivity contribution is 5.88. The molecule has 34 heavy (non-hydrogen) atoms. The molecule has 0 aliphatic carbocycles. The average Bonchev–Trinajstić information content (AvgIpc) is 3.30. The van der Waals surface area contributed by atoms with Crippen LogP contribution >= 0.6 is 0 Å². The van der Waals surface area contributed by atoms with E-state index in [1.165, 1.54) is 17.7 Å². The van der Waals surface area contributed by atoms with E-state index in [0.29, 0.717) is 18.0 Å². The molecule has 1 amide bonds. The summed E-state index contributed by atoms with van der Waals surface area (Å²) < 4.78 is 24.5. The van der Waals surface area contributed by atoms with Crippen LogP contribution in [0.1, 0.15) is 41.5 Å². The minimum atomic E-state index is -0.300. The van der Waals surface area contributed by atoms with E-state index in [-0.39, 0.29) is 24.1 Å². The summed E-state index contributed by atoms with van der Waals surface area (Å²) in [4.78, 5) is 16.5. The van der Waals surface area contributed by atoms with Crippen molar-refractivity contribution in [2.24, 2.45) is 0 Å². The molecular formula is C28H29FN2O3. The number of ether oxygens (including phenoxy) is 2. The minimum Gasteiger partial charge on any atom is -0.493 e. The molecule has 0 saturated carbocycles. The maximum atomic E-state index is 13.2. The Hall–Kier alpha value is -3.80. The molecule has 5 nitrogen and oxygen atoms in total. The molecule has 1 atom stereocenters. The van der Waals surface area contributed by atoms with Crippen LogP contribution in [0.2, 0.25) is 0 Å². The lowest BCUT2D eigenvalue weighted by Gasteiger charge is -2.21. The zero-order valence-electron chi connectivity index (χ0n) is 19.7. The number of aromatic amines is 1. The second-order valence-electron chi connectivity index (χ2n) is 8.18. The van der Waals surface area contributed by atoms with Gasteiger partial charge >= 0.3 is 0 Å². The number of benzene rings is 3. The molecule has 4 aromatic rings. The Kier molecular flexibility index (Phi) is 7.16. The number of carbonyl (C=O) groups is 1. The maximum Gasteiger partial charge on any atom is 0.221 e. The van der Waals surface area contributed by atoms with Crippen molar-refractivity contribution >= 4 is 16.8 Å². The third-order valence-corrected chi connectivity index (χ3v) is 6.19. The van der Waals surface area contributed by atoms with Crippen LogP contribution in [0.5, 0.6) is 11.5 Å². The highest BCUT2D eigenvalue weighted by atomic mass is 19.1. The van der Waals surface area contributed by atoms with Gasteiger partial charge in [-0.1, -0.05) is 49.4 Å². The minimum absolute atomic E-state index is 0.111. The Balaban J connectivity index is 1.71. The van der Waals surface area contributed by atoms with Crippen molar-refractivity contribution in [1.82, 2.24) is 10.3 Å². The average molecular weight is 461 g/mol. The van der Waals surface area contributed by atoms with Gasteiger partial charge in [-0.3, -0.25) is 4.79 Å². The third-order valence-electron chi connectivity index (χ3n) is 6.19. The fourth-order valence-electron chi connectivity index (χ4n) is 4.46. The highest BCUT2D eigenvalue weighted by Crippen LogP contribution is 2.42. The molecule has 0 bridgehead atoms. The maximum absolute atomic E-state index is 13.2. The number of amides is 1. The van der Waals surface area contributed by atoms with E-state index < -0.39 is 0 Å². The Labute approximate surface area is 198 Å². The Morgan fingerprint density at radius 3 is 2.47 bits per heavy atom. The summed E-state index contributed by atoms with van der Waals surface area (Å²) >= 11 is 0. The van der Waals surface area contributed by atoms with Crippen molar-refractivity contribution < 1.29 is 18.7 Å². The number of nitrogens with one attached hydrogen (secondary N) is 2. The molecule has 1 aromatic heterocycles. The van der Waals surface area contributed by atoms with E-state index in [1.54, 1.807) is 26.4 Å². The molecule has 0 aliphatic heterocycles. The molecule has 3 aromatic carbocycles. The van der Waals surface area contributed by atoms with Crippen molar-refractivity contribution in [1.29, 1.82) is 0 Å². The first-order chi connectivity index (χ1) is 16.5. The fraction of sp³-hybridized carbons (Fsp3) is 0.250. The summed E-state index contributed by atoms with van der Waals surface area (Å²) in [6, 6.07) is 18.1. The van der Waals surface area contributed by atoms with Crippen molar-refractivity contribution in [2.75, 3.05) is 14.2 Å². The smallest absolute Gasteiger partial charge is 0.221 e. The monoisotopic (exact) mass is 460 g/mol. The predicted molar refractivity (Wildman–Crippen MR) is 132 cm³/mol. The van der Waals surface area contributed by atoms with Gasteiger partial charge in [0.25, 0.3) is 0 Å². The van der Waals surface area contributed by atoms with E-state index in [0.717, 1.165) is 34.0 Å². The van der Waals surface area contributed by atoms with Crippen LogP contribution in [0.4, 0.5) is 4.39 Å². The van der Waals surface area contributed by atoms with Crippen LogP contribution < -0.4 is 14.8 Å². The lowest BCUT2D eigenvalue weighted by molar-refractivity contribution is -0.121. The summed E-state index contributed by atoms with van der Waals surface area (Å²) in [5, 5.41) is 4.06. The van der Waals surface area contributed by atoms with Crippen LogP contribution in [0, 0.1) is 5.82 Å². The molecule has 0 radical (unpaired) electrons. The number of carbonyl (C=O) groups excluding carboxylic acids is 1. The first-order valence-corrected chi connectivity index (χ1v) is 11.4. The molecule has 0 saturated heterocycles. The number of para-hydroxylation sites is 2. The summed E-state index contributed by atoms with van der Waals surface area (Å²) in [6.45, 7) is 2.45. The molecule has 1 heterocycles. The second-order valence-corrected chi connectivity index (χ2v) is 8.18. The normalized spacial score (nSPS) is 11.9. The fourth-order valence-corrected chi connectivity index (χ4v) is 4.46. The number of hydrogen-bond donors (Lipinski definition) is 2. The van der Waals surface area contributed by atoms with E-state index >= 15 is 0 Å². The van der Waals surface area contributed by atoms with Crippen LogP contribution in [0.15, 0.2) is 66.9 Å². The van der Waals surface area contributed by atoms with Crippen molar-refractivity contribution in [3.05, 3.63) is 94.9 Å². The van der Waals surface area contributed by atoms with Gasteiger partial charge in [-0.15, -0.1) is 0 Å². The van der Waals surface area contributed by atoms with Gasteiger partial charge in [0.2, 0.25) is 5.91 Å². The van der Waals surface area contributed by atoms with Gasteiger partial charge in [-0.2, -0.15) is 0 Å². The lowest BCUT2D eigenvalue weighted by atomic mass is 9.86. The summed E-state index contributed by atoms with van der Waals surface area (Å²) in [5.74, 6) is 0.554. The highest BCUT2D eigenvalue weighted by Gasteiger charge is 2.26. The lowest BCUT2D eigenvalue weighted by Crippen LogP contribution is -2.25. The molecule has 4 rings (SSSR count). The summed E-state index contributed by atoms with van der Waals surface area (Å²) in [6.07, 6.45) is 3.11. The second kappa shape index (κ2) is 10.4. The van der Waals surface area contributed by atoms with Gasteiger partial charge in [-0.25, -0.2) is 4.39 Å². The topological polar surface area (TPSA) is 63.4 Å². The molecule has 0 spiro atoms. The van der Waals surface area contributed by atoms with Gasteiger partial charge in [0.1, 0.15) is 5.82 Å². The zero-order valence-corrected chi connectivity index (χ0v) is 19.7. The molecular weight excluding hydrogens is 431 g/mol. The van der Waals surface area contributed by atoms with E-state index in [1.807, 2.05) is 30.5 Å². The number of halogens is 1. The largest absolute Gasteiger partial charge is 0.493 e. The van der Waals surface area contributed by atoms with E-state index in [2.05, 4.69) is 29.4 Å². The van der Waals surface area contributed by atoms with Crippen LogP contribution in [0.3, 0.4) is 0 Å². The van der Waals surface area contributed by atoms with Crippen molar-refractivity contribution in [3.63, 3.8) is 0 Å². The van der Waals surface area contributed by atoms with Gasteiger partial charge in [0.05, 0.1) is 14.2 Å². The van der Waals surface area contributed by atoms with E-state index in [4.69, 9.17) is 9.47 Å². The van der Waals surface area contributed by atoms with Crippen molar-refractivity contribution in [2.45, 2.75) is 32.2 Å². The standard InChI is InChI=1S/C28H29FN2O3/c1-4-19-7-5-8-21-24(17-31-27(19)21)23(22-9-6-10-25(33-2)28(22)34-3)15-26(32)30-16-18-11-13-20(29)14-12-18/h5-14,17,23,31H,4,15-16H2,1-3H3,(H,30,32)/t23-/m1/s1. The first-order valence-electron chi connectivity index (χ1n) is 11.4. The predicted octanol–water partition coefficient (Wildman–Crippen LogP) is 5.73. The van der Waals surface area contributed by atoms with E-state index in [9.17, 15) is 9.18 Å². The number of methoxy groups -OCH3 is 2. The molecule has 6 heteroatoms. The summed E-state index contributed by atoms with van der Waals surface area (Å²) in [5.41, 5.74) is 5.04. The third kappa shape index (κ3) is 4.76.